The number of hydrogen-bond acceptors (Lipinski definition) is 1. The van der Waals surface area contributed by atoms with Crippen LogP contribution in [0.5, 0.6) is 0 Å². The lowest BCUT2D eigenvalue weighted by Crippen LogP contribution is -1.98. The summed E-state index contributed by atoms with van der Waals surface area (Å²) in [4.78, 5) is 0. The Hall–Kier alpha value is -1.34. The Morgan fingerprint density at radius 1 is 0.867 bits per heavy atom. The zero-order valence-electron chi connectivity index (χ0n) is 8.95. The van der Waals surface area contributed by atoms with E-state index in [1.54, 1.807) is 0 Å². The van der Waals surface area contributed by atoms with Gasteiger partial charge in [-0.05, 0) is 42.5 Å². The van der Waals surface area contributed by atoms with Crippen molar-refractivity contribution in [2.24, 2.45) is 5.73 Å². The van der Waals surface area contributed by atoms with E-state index in [1.165, 1.54) is 23.1 Å². The number of unbranched alkanes of at least 4 members (excludes halogenated alkanes) is 1. The van der Waals surface area contributed by atoms with Crippen molar-refractivity contribution in [3.8, 4) is 11.1 Å². The topological polar surface area (TPSA) is 26.0 Å². The second-order valence-corrected chi connectivity index (χ2v) is 3.88. The quantitative estimate of drug-likeness (QED) is 0.752. The van der Waals surface area contributed by atoms with Gasteiger partial charge in [0.05, 0.1) is 0 Å². The first-order valence-corrected chi connectivity index (χ1v) is 5.58. The van der Waals surface area contributed by atoms with Gasteiger partial charge in [0, 0.05) is 0 Å². The molecule has 1 nitrogen and oxygen atoms in total. The van der Waals surface area contributed by atoms with Gasteiger partial charge in [0.1, 0.15) is 0 Å². The van der Waals surface area contributed by atoms with Crippen molar-refractivity contribution in [3.63, 3.8) is 0 Å². The van der Waals surface area contributed by atoms with Gasteiger partial charge in [-0.3, -0.25) is 0 Å². The van der Waals surface area contributed by atoms with Crippen molar-refractivity contribution in [1.29, 1.82) is 0 Å². The van der Waals surface area contributed by atoms with Crippen LogP contribution in [0.25, 0.3) is 11.1 Å². The van der Waals surface area contributed by atoms with Crippen LogP contribution in [-0.2, 0) is 6.42 Å². The van der Waals surface area contributed by atoms with Gasteiger partial charge >= 0.3 is 0 Å². The van der Waals surface area contributed by atoms with E-state index in [4.69, 9.17) is 5.73 Å². The molecule has 0 aliphatic heterocycles. The molecule has 0 aromatic carbocycles. The molecule has 2 aliphatic carbocycles. The second-order valence-electron chi connectivity index (χ2n) is 3.88. The van der Waals surface area contributed by atoms with E-state index in [-0.39, 0.29) is 0 Å². The molecule has 2 aliphatic rings. The summed E-state index contributed by atoms with van der Waals surface area (Å²) in [5, 5.41) is 0. The maximum atomic E-state index is 5.50. The van der Waals surface area contributed by atoms with E-state index in [9.17, 15) is 0 Å². The third-order valence-corrected chi connectivity index (χ3v) is 2.78. The molecule has 15 heavy (non-hydrogen) atoms. The van der Waals surface area contributed by atoms with E-state index in [0.717, 1.165) is 19.4 Å². The Kier molecular flexibility index (Phi) is 3.36. The third kappa shape index (κ3) is 2.37. The SMILES string of the molecule is NCCCCc1ccc2cccccc1-2. The Bertz CT molecular complexity index is 395. The summed E-state index contributed by atoms with van der Waals surface area (Å²) in [7, 11) is 0. The van der Waals surface area contributed by atoms with Crippen LogP contribution in [0.1, 0.15) is 18.4 Å². The molecule has 2 rings (SSSR count). The highest BCUT2D eigenvalue weighted by Gasteiger charge is 2.06. The molecule has 0 aromatic heterocycles. The van der Waals surface area contributed by atoms with Crippen LogP contribution in [-0.4, -0.2) is 6.54 Å². The second kappa shape index (κ2) is 4.94. The summed E-state index contributed by atoms with van der Waals surface area (Å²) in [6.07, 6.45) is 3.45. The molecule has 78 valence electrons. The minimum atomic E-state index is 0.798. The first-order chi connectivity index (χ1) is 7.42. The molecule has 1 heteroatoms. The normalized spacial score (nSPS) is 10.7. The van der Waals surface area contributed by atoms with Crippen molar-refractivity contribution in [3.05, 3.63) is 48.0 Å². The van der Waals surface area contributed by atoms with Crippen LogP contribution in [0, 0.1) is 0 Å². The van der Waals surface area contributed by atoms with Gasteiger partial charge in [-0.1, -0.05) is 42.5 Å². The summed E-state index contributed by atoms with van der Waals surface area (Å²) in [5.74, 6) is 0. The maximum Gasteiger partial charge on any atom is -0.00772 e. The van der Waals surface area contributed by atoms with Crippen molar-refractivity contribution in [2.75, 3.05) is 6.54 Å². The number of nitrogens with two attached hydrogens (primary N) is 1. The first kappa shape index (κ1) is 10.2. The van der Waals surface area contributed by atoms with Gasteiger partial charge in [-0.25, -0.2) is 0 Å². The predicted octanol–water partition coefficient (Wildman–Crippen LogP) is 3.07. The molecule has 0 radical (unpaired) electrons. The van der Waals surface area contributed by atoms with Crippen molar-refractivity contribution >= 4 is 0 Å². The molecule has 0 unspecified atom stereocenters. The zero-order valence-corrected chi connectivity index (χ0v) is 8.95. The molecule has 0 fully saturated rings. The van der Waals surface area contributed by atoms with Gasteiger partial charge < -0.3 is 5.73 Å². The van der Waals surface area contributed by atoms with E-state index < -0.39 is 0 Å². The van der Waals surface area contributed by atoms with E-state index in [0.29, 0.717) is 0 Å². The Labute approximate surface area is 91.3 Å². The van der Waals surface area contributed by atoms with E-state index >= 15 is 0 Å². The smallest absolute Gasteiger partial charge is 0.00772 e. The van der Waals surface area contributed by atoms with Gasteiger partial charge in [0.25, 0.3) is 0 Å². The van der Waals surface area contributed by atoms with Crippen LogP contribution >= 0.6 is 0 Å². The fraction of sp³-hybridized carbons (Fsp3) is 0.286. The van der Waals surface area contributed by atoms with Gasteiger partial charge in [0.2, 0.25) is 0 Å². The Morgan fingerprint density at radius 3 is 2.60 bits per heavy atom. The molecule has 2 N–H and O–H groups in total. The highest BCUT2D eigenvalue weighted by Crippen LogP contribution is 2.27. The largest absolute Gasteiger partial charge is 0.330 e. The summed E-state index contributed by atoms with van der Waals surface area (Å²) >= 11 is 0. The van der Waals surface area contributed by atoms with Crippen LogP contribution in [0.15, 0.2) is 42.5 Å². The summed E-state index contributed by atoms with van der Waals surface area (Å²) in [5.41, 5.74) is 9.68. The molecule has 0 amide bonds. The number of aryl methyl sites for hydroxylation is 1. The summed E-state index contributed by atoms with van der Waals surface area (Å²) in [6, 6.07) is 15.1. The first-order valence-electron chi connectivity index (χ1n) is 5.58. The number of hydrogen-bond donors (Lipinski definition) is 1. The van der Waals surface area contributed by atoms with E-state index in [2.05, 4.69) is 42.5 Å². The monoisotopic (exact) mass is 199 g/mol. The van der Waals surface area contributed by atoms with Gasteiger partial charge in [0.15, 0.2) is 0 Å². The van der Waals surface area contributed by atoms with Gasteiger partial charge in [-0.2, -0.15) is 0 Å². The molecular weight excluding hydrogens is 182 g/mol. The molecule has 0 atom stereocenters. The van der Waals surface area contributed by atoms with Crippen molar-refractivity contribution in [2.45, 2.75) is 19.3 Å². The van der Waals surface area contributed by atoms with Crippen LogP contribution in [0.4, 0.5) is 0 Å². The molecular formula is C14H17N. The number of fused-ring (bicyclic) bond motifs is 1. The molecule has 0 saturated heterocycles. The predicted molar refractivity (Wildman–Crippen MR) is 65.1 cm³/mol. The zero-order chi connectivity index (χ0) is 10.5. The lowest BCUT2D eigenvalue weighted by molar-refractivity contribution is 0.746. The maximum absolute atomic E-state index is 5.50. The molecule has 0 heterocycles. The fourth-order valence-corrected chi connectivity index (χ4v) is 1.96. The Balaban J connectivity index is 2.17. The van der Waals surface area contributed by atoms with Crippen molar-refractivity contribution < 1.29 is 0 Å². The standard InChI is InChI=1S/C14H17N/c15-11-5-4-7-13-10-9-12-6-2-1-3-8-14(12)13/h1-3,6,8-10H,4-5,7,11,15H2. The van der Waals surface area contributed by atoms with E-state index in [1.807, 2.05) is 0 Å². The fourth-order valence-electron chi connectivity index (χ4n) is 1.96. The molecule has 0 aromatic rings. The average Bonchev–Trinajstić information content (AvgIpc) is 2.50. The minimum absolute atomic E-state index is 0.798. The van der Waals surface area contributed by atoms with Crippen molar-refractivity contribution in [1.82, 2.24) is 0 Å². The minimum Gasteiger partial charge on any atom is -0.330 e. The van der Waals surface area contributed by atoms with Gasteiger partial charge in [-0.15, -0.1) is 0 Å². The molecule has 0 saturated carbocycles. The average molecular weight is 199 g/mol. The molecule has 0 bridgehead atoms. The lowest BCUT2D eigenvalue weighted by atomic mass is 10.0. The highest BCUT2D eigenvalue weighted by atomic mass is 14.5. The van der Waals surface area contributed by atoms with Crippen LogP contribution < -0.4 is 5.73 Å². The molecule has 0 spiro atoms. The lowest BCUT2D eigenvalue weighted by Gasteiger charge is -2.00. The highest BCUT2D eigenvalue weighted by molar-refractivity contribution is 5.70. The number of rotatable bonds is 4. The van der Waals surface area contributed by atoms with Crippen LogP contribution in [0.3, 0.4) is 0 Å². The third-order valence-electron chi connectivity index (χ3n) is 2.78. The summed E-state index contributed by atoms with van der Waals surface area (Å²) < 4.78 is 0. The Morgan fingerprint density at radius 2 is 1.73 bits per heavy atom. The van der Waals surface area contributed by atoms with Crippen LogP contribution in [0.2, 0.25) is 0 Å². The summed E-state index contributed by atoms with van der Waals surface area (Å²) in [6.45, 7) is 0.798.